The van der Waals surface area contributed by atoms with Crippen LogP contribution in [0.3, 0.4) is 0 Å². The van der Waals surface area contributed by atoms with Gasteiger partial charge in [-0.05, 0) is 191 Å². The van der Waals surface area contributed by atoms with E-state index in [4.69, 9.17) is 0 Å². The van der Waals surface area contributed by atoms with Crippen molar-refractivity contribution < 1.29 is 4.79 Å². The van der Waals surface area contributed by atoms with Crippen molar-refractivity contribution in [2.45, 2.75) is 187 Å². The maximum Gasteiger partial charge on any atom is 0.271 e. The SMILES string of the molecule is C=C1C(C)N(C)C(=C)N1C.C=C1C2CCCCN2C(=C)N1C.C=C1N(C)N=C2CCCCN12.C=C1c2ccccc2C(=O)N1C.Cc1c(C)c(C)n(C)c(=O)c1C.Cc1c(C)n(C)c(C)c(C)c1=O.Cc1c2c(nn1C)CCCC2.Cc1nc(C)c(=O)n(C)c1C.Cc1nc(C)n(C)c(=O)c1C. The van der Waals surface area contributed by atoms with Crippen LogP contribution in [-0.4, -0.2) is 145 Å². The number of fused-ring (bicyclic) bond motifs is 4. The lowest BCUT2D eigenvalue weighted by atomic mass is 9.96. The van der Waals surface area contributed by atoms with Crippen LogP contribution in [0.5, 0.6) is 0 Å². The number of carbonyl (C=O) groups excluding carboxylic acids is 1. The first-order valence-electron chi connectivity index (χ1n) is 35.4. The van der Waals surface area contributed by atoms with Crippen molar-refractivity contribution in [2.24, 2.45) is 40.3 Å². The second kappa shape index (κ2) is 35.4. The van der Waals surface area contributed by atoms with Gasteiger partial charge in [0.25, 0.3) is 22.6 Å². The van der Waals surface area contributed by atoms with Crippen LogP contribution in [0.2, 0.25) is 0 Å². The van der Waals surface area contributed by atoms with E-state index < -0.39 is 0 Å². The topological polar surface area (TPSA) is 184 Å². The number of rotatable bonds is 0. The highest BCUT2D eigenvalue weighted by Crippen LogP contribution is 2.35. The molecule has 13 rings (SSSR count). The highest BCUT2D eigenvalue weighted by molar-refractivity contribution is 6.08. The van der Waals surface area contributed by atoms with Crippen LogP contribution < -0.4 is 22.1 Å². The summed E-state index contributed by atoms with van der Waals surface area (Å²) in [5.74, 6) is 5.18. The van der Waals surface area contributed by atoms with Crippen LogP contribution >= 0.6 is 0 Å². The summed E-state index contributed by atoms with van der Waals surface area (Å²) >= 11 is 0. The number of aromatic nitrogens is 8. The predicted molar refractivity (Wildman–Crippen MR) is 419 cm³/mol. The number of hydrazone groups is 1. The molecule has 4 saturated heterocycles. The van der Waals surface area contributed by atoms with E-state index in [-0.39, 0.29) is 28.0 Å². The molecule has 1 aliphatic carbocycles. The molecule has 0 spiro atoms. The number of piperidine rings is 2. The third-order valence-electron chi connectivity index (χ3n) is 22.0. The molecule has 0 radical (unpaired) electrons. The van der Waals surface area contributed by atoms with Crippen LogP contribution in [0.25, 0.3) is 5.70 Å². The van der Waals surface area contributed by atoms with E-state index in [2.05, 4.69) is 112 Å². The molecule has 11 heterocycles. The fourth-order valence-electron chi connectivity index (χ4n) is 12.9. The van der Waals surface area contributed by atoms with Crippen molar-refractivity contribution in [2.75, 3.05) is 48.3 Å². The number of amidine groups is 1. The average Bonchev–Trinajstić information content (AvgIpc) is 1.57. The molecular formula is C81H120N16O5. The van der Waals surface area contributed by atoms with Gasteiger partial charge in [-0.15, -0.1) is 0 Å². The fourth-order valence-corrected chi connectivity index (χ4v) is 12.9. The Morgan fingerprint density at radius 2 is 0.980 bits per heavy atom. The summed E-state index contributed by atoms with van der Waals surface area (Å²) in [6.45, 7) is 57.0. The second-order valence-electron chi connectivity index (χ2n) is 27.8. The number of amides is 1. The number of hydrogen-bond donors (Lipinski definition) is 0. The van der Waals surface area contributed by atoms with Gasteiger partial charge in [-0.2, -0.15) is 10.2 Å². The molecule has 21 heteroatoms. The lowest BCUT2D eigenvalue weighted by Gasteiger charge is -2.30. The number of hydrogen-bond acceptors (Lipinski definition) is 15. The van der Waals surface area contributed by atoms with Gasteiger partial charge in [0.05, 0.1) is 23.5 Å². The number of nitrogens with zero attached hydrogens (tertiary/aromatic N) is 16. The molecule has 1 amide bonds. The highest BCUT2D eigenvalue weighted by atomic mass is 16.2. The molecule has 6 aromatic rings. The van der Waals surface area contributed by atoms with Crippen molar-refractivity contribution in [3.8, 4) is 0 Å². The summed E-state index contributed by atoms with van der Waals surface area (Å²) in [5.41, 5.74) is 21.5. The summed E-state index contributed by atoms with van der Waals surface area (Å²) < 4.78 is 8.96. The molecule has 554 valence electrons. The summed E-state index contributed by atoms with van der Waals surface area (Å²) in [6.07, 6.45) is 12.7. The van der Waals surface area contributed by atoms with E-state index in [1.165, 1.54) is 91.8 Å². The van der Waals surface area contributed by atoms with Gasteiger partial charge in [0, 0.05) is 175 Å². The zero-order chi connectivity index (χ0) is 77.1. The second-order valence-corrected chi connectivity index (χ2v) is 27.8. The summed E-state index contributed by atoms with van der Waals surface area (Å²) in [4.78, 5) is 77.8. The van der Waals surface area contributed by atoms with Crippen LogP contribution in [0.4, 0.5) is 0 Å². The normalized spacial score (nSPS) is 16.9. The van der Waals surface area contributed by atoms with Crippen molar-refractivity contribution in [3.05, 3.63) is 241 Å². The molecule has 4 fully saturated rings. The largest absolute Gasteiger partial charge is 0.353 e. The van der Waals surface area contributed by atoms with E-state index in [0.29, 0.717) is 17.8 Å². The van der Waals surface area contributed by atoms with E-state index in [0.717, 1.165) is 127 Å². The molecule has 7 aliphatic rings. The number of aryl methyl sites for hydroxylation is 6. The Hall–Kier alpha value is -9.53. The van der Waals surface area contributed by atoms with Crippen molar-refractivity contribution in [1.82, 2.24) is 72.4 Å². The maximum absolute atomic E-state index is 11.5. The van der Waals surface area contributed by atoms with Crippen LogP contribution in [0, 0.1) is 104 Å². The first-order valence-corrected chi connectivity index (χ1v) is 35.4. The minimum absolute atomic E-state index is 0.00639. The van der Waals surface area contributed by atoms with Gasteiger partial charge in [-0.1, -0.05) is 57.7 Å². The molecule has 2 unspecified atom stereocenters. The molecule has 2 atom stereocenters. The fraction of sp³-hybridized carbons (Fsp3) is 0.494. The van der Waals surface area contributed by atoms with Gasteiger partial charge in [0.2, 0.25) is 0 Å². The van der Waals surface area contributed by atoms with E-state index in [1.54, 1.807) is 53.6 Å². The minimum atomic E-state index is -0.00639. The lowest BCUT2D eigenvalue weighted by Crippen LogP contribution is -2.33. The van der Waals surface area contributed by atoms with Crippen molar-refractivity contribution >= 4 is 17.4 Å². The molecular weight excluding hydrogens is 1280 g/mol. The highest BCUT2D eigenvalue weighted by Gasteiger charge is 2.36. The van der Waals surface area contributed by atoms with Gasteiger partial charge >= 0.3 is 0 Å². The molecule has 1 aromatic carbocycles. The zero-order valence-electron chi connectivity index (χ0n) is 66.9. The Balaban J connectivity index is 0.000000207. The number of benzene rings is 1. The van der Waals surface area contributed by atoms with Gasteiger partial charge in [-0.25, -0.2) is 4.98 Å². The van der Waals surface area contributed by atoms with Crippen molar-refractivity contribution in [3.63, 3.8) is 0 Å². The predicted octanol–water partition coefficient (Wildman–Crippen LogP) is 12.2. The van der Waals surface area contributed by atoms with Gasteiger partial charge in [0.1, 0.15) is 34.8 Å². The third kappa shape index (κ3) is 18.4. The minimum Gasteiger partial charge on any atom is -0.353 e. The Morgan fingerprint density at radius 1 is 0.451 bits per heavy atom. The molecule has 21 nitrogen and oxygen atoms in total. The summed E-state index contributed by atoms with van der Waals surface area (Å²) in [7, 11) is 19.1. The number of carbonyl (C=O) groups is 1. The molecule has 5 aromatic heterocycles. The van der Waals surface area contributed by atoms with Crippen LogP contribution in [-0.2, 0) is 48.1 Å². The summed E-state index contributed by atoms with van der Waals surface area (Å²) in [5, 5.41) is 10.7. The molecule has 0 bridgehead atoms. The quantitative estimate of drug-likeness (QED) is 0.140. The first kappa shape index (κ1) is 83.1. The Labute approximate surface area is 608 Å². The average molecular weight is 1400 g/mol. The van der Waals surface area contributed by atoms with Crippen molar-refractivity contribution in [1.29, 1.82) is 0 Å². The van der Waals surface area contributed by atoms with Gasteiger partial charge in [-0.3, -0.25) is 43.2 Å². The Morgan fingerprint density at radius 3 is 1.51 bits per heavy atom. The smallest absolute Gasteiger partial charge is 0.271 e. The van der Waals surface area contributed by atoms with Crippen LogP contribution in [0.1, 0.15) is 170 Å². The van der Waals surface area contributed by atoms with Gasteiger partial charge < -0.3 is 43.1 Å². The molecule has 6 aliphatic heterocycles. The number of likely N-dealkylation sites (N-methyl/N-ethyl adjacent to an activating group) is 3. The molecule has 102 heavy (non-hydrogen) atoms. The number of pyridine rings is 2. The monoisotopic (exact) mass is 1400 g/mol. The van der Waals surface area contributed by atoms with E-state index in [9.17, 15) is 24.0 Å². The third-order valence-corrected chi connectivity index (χ3v) is 22.0. The van der Waals surface area contributed by atoms with Crippen LogP contribution in [0.15, 0.2) is 117 Å². The van der Waals surface area contributed by atoms with Gasteiger partial charge in [0.15, 0.2) is 5.43 Å². The van der Waals surface area contributed by atoms with E-state index >= 15 is 0 Å². The zero-order valence-corrected chi connectivity index (χ0v) is 66.9. The molecule has 0 saturated carbocycles. The van der Waals surface area contributed by atoms with E-state index in [1.807, 2.05) is 157 Å². The Kier molecular flexibility index (Phi) is 28.8. The molecule has 0 N–H and O–H groups in total. The maximum atomic E-state index is 11.5. The first-order chi connectivity index (χ1) is 47.6. The standard InChI is InChI=1S/C10H16N2.C10H9NO.2C10H15NO.C9H14N2.C8H13N3.2C8H12N2O.C8H14N2/c1-8-10-6-4-5-7-12(10)9(2)11(8)3;1-7-8-5-3-4-6-9(8)10(12)11(7)2;1-6-8(3)11(5)9(4)7(2)10(6)12;1-6-7(2)9(4)11(5)10(12)8(6)3;1-7-8-5-3-4-6-9(8)10-11(7)2;1-7-10(2)9-8-5-3-4-6-11(7)8;1-5-7(3)10(4)8(11)6(2)9-5;1-5-6(2)9-7(3)10(4)8(5)11;1-6-7(2)10(5)8(3)9(6)4/h10H,1-2,4-7H2,3H3;3-6H,1H2,2H3;2*1-5H3;3-6H2,1-2H3;1,3-6H2,2H3;2*1-4H3;7H,1,3H2,2,4-5H3. The lowest BCUT2D eigenvalue weighted by molar-refractivity contribution is 0.0874. The summed E-state index contributed by atoms with van der Waals surface area (Å²) in [6, 6.07) is 8.47. The Bertz CT molecular complexity index is 4220.